The van der Waals surface area contributed by atoms with Crippen LogP contribution in [0.15, 0.2) is 29.2 Å². The zero-order valence-electron chi connectivity index (χ0n) is 17.2. The van der Waals surface area contributed by atoms with E-state index in [9.17, 15) is 13.2 Å². The third-order valence-corrected chi connectivity index (χ3v) is 4.52. The first-order chi connectivity index (χ1) is 12.0. The summed E-state index contributed by atoms with van der Waals surface area (Å²) in [6.45, 7) is 13.8. The molecule has 1 atom stereocenters. The van der Waals surface area contributed by atoms with Crippen molar-refractivity contribution in [3.05, 3.63) is 29.8 Å². The number of nitrogens with two attached hydrogens (primary N) is 1. The highest BCUT2D eigenvalue weighted by Crippen LogP contribution is 2.09. The molecule has 0 aliphatic rings. The van der Waals surface area contributed by atoms with Crippen LogP contribution in [0.3, 0.4) is 0 Å². The average Bonchev–Trinajstić information content (AvgIpc) is 2.42. The van der Waals surface area contributed by atoms with Crippen molar-refractivity contribution in [3.63, 3.8) is 0 Å². The summed E-state index contributed by atoms with van der Waals surface area (Å²) in [4.78, 5) is 11.4. The van der Waals surface area contributed by atoms with Gasteiger partial charge in [-0.1, -0.05) is 43.3 Å². The van der Waals surface area contributed by atoms with Crippen LogP contribution in [0.25, 0.3) is 0 Å². The van der Waals surface area contributed by atoms with Crippen molar-refractivity contribution in [1.29, 1.82) is 0 Å². The summed E-state index contributed by atoms with van der Waals surface area (Å²) < 4.78 is 34.7. The zero-order chi connectivity index (χ0) is 21.5. The van der Waals surface area contributed by atoms with E-state index in [0.29, 0.717) is 0 Å². The standard InChI is InChI=1S/C12H23NO2Si.C7H8O3S/c1-12(2,3)15-11(14)9-10(13)7-8-16(4,5)6;1-6-2-4-7(5-3-6)11(8,9)10/h10H,9,13H2,1-6H3;2-5H,1H3,(H,8,9,10)/t10-;/m1./s1. The number of carbonyl (C=O) groups is 1. The Morgan fingerprint density at radius 2 is 1.70 bits per heavy atom. The van der Waals surface area contributed by atoms with E-state index in [1.807, 2.05) is 27.7 Å². The first-order valence-corrected chi connectivity index (χ1v) is 13.5. The number of esters is 1. The number of carbonyl (C=O) groups excluding carboxylic acids is 1. The molecule has 0 fully saturated rings. The van der Waals surface area contributed by atoms with Crippen LogP contribution in [0.4, 0.5) is 0 Å². The van der Waals surface area contributed by atoms with E-state index >= 15 is 0 Å². The molecule has 0 saturated carbocycles. The number of hydrogen-bond acceptors (Lipinski definition) is 5. The summed E-state index contributed by atoms with van der Waals surface area (Å²) in [5.74, 6) is 2.64. The Morgan fingerprint density at radius 3 is 2.07 bits per heavy atom. The third kappa shape index (κ3) is 14.1. The lowest BCUT2D eigenvalue weighted by molar-refractivity contribution is -0.154. The molecule has 0 aromatic heterocycles. The summed E-state index contributed by atoms with van der Waals surface area (Å²) in [6, 6.07) is 5.57. The van der Waals surface area contributed by atoms with Crippen LogP contribution in [-0.2, 0) is 19.6 Å². The SMILES string of the molecule is CC(C)(C)OC(=O)C[C@H](N)C#C[Si](C)(C)C.Cc1ccc(S(=O)(=O)O)cc1. The van der Waals surface area contributed by atoms with E-state index in [1.165, 1.54) is 12.1 Å². The van der Waals surface area contributed by atoms with Gasteiger partial charge in [0.05, 0.1) is 17.4 Å². The molecule has 0 spiro atoms. The average molecular weight is 414 g/mol. The van der Waals surface area contributed by atoms with E-state index in [0.717, 1.165) is 5.56 Å². The number of rotatable bonds is 3. The third-order valence-electron chi connectivity index (χ3n) is 2.76. The van der Waals surface area contributed by atoms with Gasteiger partial charge in [0, 0.05) is 0 Å². The highest BCUT2D eigenvalue weighted by molar-refractivity contribution is 7.85. The fraction of sp³-hybridized carbons (Fsp3) is 0.526. The molecule has 1 aromatic rings. The highest BCUT2D eigenvalue weighted by atomic mass is 32.2. The van der Waals surface area contributed by atoms with Gasteiger partial charge >= 0.3 is 5.97 Å². The maximum Gasteiger partial charge on any atom is 0.308 e. The van der Waals surface area contributed by atoms with Crippen LogP contribution in [0.2, 0.25) is 19.6 Å². The smallest absolute Gasteiger partial charge is 0.308 e. The highest BCUT2D eigenvalue weighted by Gasteiger charge is 2.18. The first-order valence-electron chi connectivity index (χ1n) is 8.54. The molecule has 8 heteroatoms. The van der Waals surface area contributed by atoms with Gasteiger partial charge in [0.1, 0.15) is 13.7 Å². The normalized spacial score (nSPS) is 12.8. The van der Waals surface area contributed by atoms with Gasteiger partial charge in [-0.3, -0.25) is 9.35 Å². The van der Waals surface area contributed by atoms with Gasteiger partial charge in [0.15, 0.2) is 0 Å². The molecule has 6 nitrogen and oxygen atoms in total. The molecule has 0 heterocycles. The van der Waals surface area contributed by atoms with Crippen molar-refractivity contribution in [1.82, 2.24) is 0 Å². The first kappa shape index (κ1) is 25.3. The lowest BCUT2D eigenvalue weighted by Crippen LogP contribution is -2.30. The Kier molecular flexibility index (Phi) is 9.42. The van der Waals surface area contributed by atoms with Crippen LogP contribution in [0.1, 0.15) is 32.8 Å². The minimum atomic E-state index is -4.02. The lowest BCUT2D eigenvalue weighted by Gasteiger charge is -2.20. The van der Waals surface area contributed by atoms with Gasteiger partial charge in [0.2, 0.25) is 0 Å². The maximum absolute atomic E-state index is 11.4. The molecule has 27 heavy (non-hydrogen) atoms. The second-order valence-electron chi connectivity index (χ2n) is 8.20. The minimum absolute atomic E-state index is 0.0666. The molecule has 0 amide bonds. The topological polar surface area (TPSA) is 107 Å². The molecule has 1 rings (SSSR count). The van der Waals surface area contributed by atoms with Gasteiger partial charge in [-0.15, -0.1) is 5.54 Å². The van der Waals surface area contributed by atoms with Gasteiger partial charge in [0.25, 0.3) is 10.1 Å². The van der Waals surface area contributed by atoms with Gasteiger partial charge in [-0.05, 0) is 39.8 Å². The van der Waals surface area contributed by atoms with E-state index in [-0.39, 0.29) is 17.3 Å². The van der Waals surface area contributed by atoms with E-state index in [4.69, 9.17) is 15.0 Å². The minimum Gasteiger partial charge on any atom is -0.460 e. The summed E-state index contributed by atoms with van der Waals surface area (Å²) in [6.07, 6.45) is 0.161. The van der Waals surface area contributed by atoms with Crippen LogP contribution < -0.4 is 5.73 Å². The number of ether oxygens (including phenoxy) is 1. The Hall–Kier alpha value is -1.66. The predicted molar refractivity (Wildman–Crippen MR) is 111 cm³/mol. The quantitative estimate of drug-likeness (QED) is 0.341. The lowest BCUT2D eigenvalue weighted by atomic mass is 10.2. The number of hydrogen-bond donors (Lipinski definition) is 2. The molecule has 1 aromatic carbocycles. The van der Waals surface area contributed by atoms with Gasteiger partial charge < -0.3 is 10.5 Å². The Labute approximate surface area is 164 Å². The Bertz CT molecular complexity index is 779. The van der Waals surface area contributed by atoms with E-state index in [1.54, 1.807) is 12.1 Å². The van der Waals surface area contributed by atoms with Gasteiger partial charge in [-0.2, -0.15) is 8.42 Å². The van der Waals surface area contributed by atoms with Crippen LogP contribution in [0.5, 0.6) is 0 Å². The second kappa shape index (κ2) is 10.0. The number of aryl methyl sites for hydroxylation is 1. The molecule has 0 aliphatic carbocycles. The van der Waals surface area contributed by atoms with E-state index < -0.39 is 29.8 Å². The van der Waals surface area contributed by atoms with Crippen molar-refractivity contribution in [2.75, 3.05) is 0 Å². The molecule has 0 bridgehead atoms. The van der Waals surface area contributed by atoms with Crippen LogP contribution in [0, 0.1) is 18.4 Å². The molecular weight excluding hydrogens is 382 g/mol. The number of benzene rings is 1. The molecule has 0 aliphatic heterocycles. The van der Waals surface area contributed by atoms with Crippen molar-refractivity contribution in [3.8, 4) is 11.5 Å². The Morgan fingerprint density at radius 1 is 1.22 bits per heavy atom. The molecule has 3 N–H and O–H groups in total. The second-order valence-corrected chi connectivity index (χ2v) is 14.4. The van der Waals surface area contributed by atoms with Crippen molar-refractivity contribution in [2.45, 2.75) is 70.3 Å². The fourth-order valence-electron chi connectivity index (χ4n) is 1.63. The fourth-order valence-corrected chi connectivity index (χ4v) is 2.73. The molecule has 0 radical (unpaired) electrons. The summed E-state index contributed by atoms with van der Waals surface area (Å²) in [5, 5.41) is 0. The Balaban J connectivity index is 0.000000533. The van der Waals surface area contributed by atoms with Crippen molar-refractivity contribution >= 4 is 24.2 Å². The monoisotopic (exact) mass is 413 g/mol. The summed E-state index contributed by atoms with van der Waals surface area (Å²) in [7, 11) is -5.43. The van der Waals surface area contributed by atoms with Crippen LogP contribution in [-0.4, -0.2) is 38.7 Å². The van der Waals surface area contributed by atoms with E-state index in [2.05, 4.69) is 31.1 Å². The zero-order valence-corrected chi connectivity index (χ0v) is 19.0. The maximum atomic E-state index is 11.4. The summed E-state index contributed by atoms with van der Waals surface area (Å²) in [5.41, 5.74) is 9.39. The predicted octanol–water partition coefficient (Wildman–Crippen LogP) is 3.17. The molecular formula is C19H31NO5SSi. The van der Waals surface area contributed by atoms with Crippen LogP contribution >= 0.6 is 0 Å². The van der Waals surface area contributed by atoms with Gasteiger partial charge in [-0.25, -0.2) is 0 Å². The molecule has 152 valence electrons. The van der Waals surface area contributed by atoms with Crippen molar-refractivity contribution < 1.29 is 22.5 Å². The van der Waals surface area contributed by atoms with Crippen molar-refractivity contribution in [2.24, 2.45) is 5.73 Å². The molecule has 0 saturated heterocycles. The summed E-state index contributed by atoms with van der Waals surface area (Å²) >= 11 is 0. The largest absolute Gasteiger partial charge is 0.460 e. The molecule has 0 unspecified atom stereocenters.